The van der Waals surface area contributed by atoms with Crippen molar-refractivity contribution in [3.05, 3.63) is 0 Å². The Morgan fingerprint density at radius 2 is 2.00 bits per heavy atom. The molecule has 0 bridgehead atoms. The summed E-state index contributed by atoms with van der Waals surface area (Å²) < 4.78 is 0. The van der Waals surface area contributed by atoms with Gasteiger partial charge in [0.2, 0.25) is 5.91 Å². The summed E-state index contributed by atoms with van der Waals surface area (Å²) in [5.74, 6) is 0.209. The molecule has 0 heterocycles. The van der Waals surface area contributed by atoms with Crippen LogP contribution in [0.25, 0.3) is 0 Å². The fourth-order valence-corrected chi connectivity index (χ4v) is 0.888. The van der Waals surface area contributed by atoms with Crippen LogP contribution in [-0.2, 0) is 4.79 Å². The molecule has 0 rings (SSSR count). The topological polar surface area (TPSA) is 29.1 Å². The lowest BCUT2D eigenvalue weighted by Gasteiger charge is -2.01. The molecule has 68 valence electrons. The van der Waals surface area contributed by atoms with Gasteiger partial charge in [0.05, 0.1) is 0 Å². The van der Waals surface area contributed by atoms with E-state index >= 15 is 0 Å². The standard InChI is InChI=1S/C9H19NO.H2/c1-3-5-6-7-9(11)10-8-4-2;/h3-8H2,1-2H3,(H,10,11);1H. The average Bonchev–Trinajstić information content (AvgIpc) is 2.01. The summed E-state index contributed by atoms with van der Waals surface area (Å²) in [5.41, 5.74) is 0. The Hall–Kier alpha value is -0.530. The first-order chi connectivity index (χ1) is 5.31. The fraction of sp³-hybridized carbons (Fsp3) is 0.889. The number of hydrogen-bond donors (Lipinski definition) is 1. The van der Waals surface area contributed by atoms with Crippen molar-refractivity contribution in [3.8, 4) is 0 Å². The van der Waals surface area contributed by atoms with Crippen molar-refractivity contribution < 1.29 is 6.22 Å². The molecule has 0 aliphatic heterocycles. The molecule has 0 aliphatic rings. The predicted molar refractivity (Wildman–Crippen MR) is 49.6 cm³/mol. The van der Waals surface area contributed by atoms with E-state index in [1.165, 1.54) is 12.8 Å². The van der Waals surface area contributed by atoms with E-state index in [9.17, 15) is 4.79 Å². The molecule has 0 unspecified atom stereocenters. The molecule has 0 saturated carbocycles. The van der Waals surface area contributed by atoms with E-state index in [2.05, 4.69) is 19.2 Å². The Kier molecular flexibility index (Phi) is 7.21. The third-order valence-electron chi connectivity index (χ3n) is 1.58. The van der Waals surface area contributed by atoms with Crippen LogP contribution >= 0.6 is 0 Å². The maximum atomic E-state index is 11.0. The zero-order valence-corrected chi connectivity index (χ0v) is 7.65. The third kappa shape index (κ3) is 7.37. The van der Waals surface area contributed by atoms with Crippen molar-refractivity contribution in [3.63, 3.8) is 0 Å². The molecule has 0 aliphatic carbocycles. The summed E-state index contributed by atoms with van der Waals surface area (Å²) >= 11 is 0. The van der Waals surface area contributed by atoms with Crippen LogP contribution in [0.3, 0.4) is 0 Å². The van der Waals surface area contributed by atoms with Crippen molar-refractivity contribution in [1.82, 2.24) is 5.32 Å². The van der Waals surface area contributed by atoms with Crippen molar-refractivity contribution in [2.45, 2.75) is 46.0 Å². The average molecular weight is 159 g/mol. The van der Waals surface area contributed by atoms with Crippen LogP contribution < -0.4 is 5.32 Å². The molecule has 0 radical (unpaired) electrons. The zero-order chi connectivity index (χ0) is 8.53. The van der Waals surface area contributed by atoms with Crippen LogP contribution in [0.2, 0.25) is 0 Å². The van der Waals surface area contributed by atoms with Crippen molar-refractivity contribution in [2.75, 3.05) is 6.54 Å². The van der Waals surface area contributed by atoms with Gasteiger partial charge in [0.1, 0.15) is 0 Å². The fourth-order valence-electron chi connectivity index (χ4n) is 0.888. The van der Waals surface area contributed by atoms with Gasteiger partial charge in [-0.1, -0.05) is 26.7 Å². The molecule has 2 nitrogen and oxygen atoms in total. The van der Waals surface area contributed by atoms with Crippen LogP contribution in [0.1, 0.15) is 47.4 Å². The second kappa shape index (κ2) is 7.58. The summed E-state index contributed by atoms with van der Waals surface area (Å²) in [7, 11) is 0. The maximum absolute atomic E-state index is 11.0. The number of unbranched alkanes of at least 4 members (excludes halogenated alkanes) is 2. The van der Waals surface area contributed by atoms with Gasteiger partial charge in [0, 0.05) is 14.4 Å². The minimum Gasteiger partial charge on any atom is -0.356 e. The first-order valence-electron chi connectivity index (χ1n) is 4.58. The number of carbonyl (C=O) groups is 1. The summed E-state index contributed by atoms with van der Waals surface area (Å²) in [6.07, 6.45) is 5.11. The third-order valence-corrected chi connectivity index (χ3v) is 1.58. The molecule has 0 atom stereocenters. The molecule has 11 heavy (non-hydrogen) atoms. The summed E-state index contributed by atoms with van der Waals surface area (Å²) in [4.78, 5) is 11.0. The number of nitrogens with one attached hydrogen (secondary N) is 1. The van der Waals surface area contributed by atoms with E-state index in [1.807, 2.05) is 0 Å². The van der Waals surface area contributed by atoms with Crippen LogP contribution in [-0.4, -0.2) is 12.5 Å². The monoisotopic (exact) mass is 159 g/mol. The lowest BCUT2D eigenvalue weighted by atomic mass is 10.2. The van der Waals surface area contributed by atoms with Gasteiger partial charge in [0.25, 0.3) is 0 Å². The Labute approximate surface area is 70.9 Å². The van der Waals surface area contributed by atoms with E-state index in [0.29, 0.717) is 6.42 Å². The van der Waals surface area contributed by atoms with Gasteiger partial charge >= 0.3 is 0 Å². The normalized spacial score (nSPS) is 9.64. The molecule has 1 N–H and O–H groups in total. The number of hydrogen-bond acceptors (Lipinski definition) is 1. The number of amides is 1. The lowest BCUT2D eigenvalue weighted by Crippen LogP contribution is -2.23. The highest BCUT2D eigenvalue weighted by Crippen LogP contribution is 1.97. The molecule has 0 fully saturated rings. The quantitative estimate of drug-likeness (QED) is 0.592. The Morgan fingerprint density at radius 3 is 2.55 bits per heavy atom. The van der Waals surface area contributed by atoms with E-state index < -0.39 is 0 Å². The molecule has 0 aromatic rings. The summed E-state index contributed by atoms with van der Waals surface area (Å²) in [5, 5.41) is 2.85. The molecule has 0 spiro atoms. The lowest BCUT2D eigenvalue weighted by molar-refractivity contribution is -0.121. The van der Waals surface area contributed by atoms with Gasteiger partial charge in [-0.2, -0.15) is 0 Å². The zero-order valence-electron chi connectivity index (χ0n) is 7.65. The molecular weight excluding hydrogens is 138 g/mol. The number of rotatable bonds is 6. The summed E-state index contributed by atoms with van der Waals surface area (Å²) in [6, 6.07) is 0. The van der Waals surface area contributed by atoms with Gasteiger partial charge in [-0.15, -0.1) is 0 Å². The minimum absolute atomic E-state index is 0. The van der Waals surface area contributed by atoms with E-state index in [-0.39, 0.29) is 7.33 Å². The van der Waals surface area contributed by atoms with E-state index in [1.54, 1.807) is 0 Å². The highest BCUT2D eigenvalue weighted by atomic mass is 16.1. The number of carbonyl (C=O) groups excluding carboxylic acids is 1. The minimum atomic E-state index is 0. The Morgan fingerprint density at radius 1 is 1.27 bits per heavy atom. The van der Waals surface area contributed by atoms with Gasteiger partial charge < -0.3 is 5.32 Å². The van der Waals surface area contributed by atoms with E-state index in [0.717, 1.165) is 19.4 Å². The van der Waals surface area contributed by atoms with Crippen LogP contribution in [0.4, 0.5) is 0 Å². The molecule has 0 aromatic heterocycles. The molecule has 0 saturated heterocycles. The van der Waals surface area contributed by atoms with Crippen molar-refractivity contribution in [2.24, 2.45) is 0 Å². The van der Waals surface area contributed by atoms with Crippen molar-refractivity contribution in [1.29, 1.82) is 0 Å². The van der Waals surface area contributed by atoms with Crippen LogP contribution in [0, 0.1) is 0 Å². The highest BCUT2D eigenvalue weighted by molar-refractivity contribution is 5.75. The van der Waals surface area contributed by atoms with Gasteiger partial charge in [-0.25, -0.2) is 0 Å². The van der Waals surface area contributed by atoms with Crippen LogP contribution in [0.15, 0.2) is 0 Å². The van der Waals surface area contributed by atoms with Gasteiger partial charge in [-0.05, 0) is 12.8 Å². The maximum Gasteiger partial charge on any atom is 0.219 e. The second-order valence-corrected chi connectivity index (χ2v) is 2.81. The Bertz CT molecular complexity index is 107. The smallest absolute Gasteiger partial charge is 0.219 e. The van der Waals surface area contributed by atoms with Gasteiger partial charge in [-0.3, -0.25) is 4.79 Å². The van der Waals surface area contributed by atoms with Gasteiger partial charge in [0.15, 0.2) is 0 Å². The second-order valence-electron chi connectivity index (χ2n) is 2.81. The molecular formula is C9H21NO. The first-order valence-corrected chi connectivity index (χ1v) is 4.58. The van der Waals surface area contributed by atoms with Crippen LogP contribution in [0.5, 0.6) is 0 Å². The predicted octanol–water partition coefficient (Wildman–Crippen LogP) is 2.34. The van der Waals surface area contributed by atoms with Crippen molar-refractivity contribution >= 4 is 5.91 Å². The Balaban J connectivity index is 0. The molecule has 0 aromatic carbocycles. The highest BCUT2D eigenvalue weighted by Gasteiger charge is 1.97. The molecule has 1 amide bonds. The molecule has 2 heteroatoms. The van der Waals surface area contributed by atoms with E-state index in [4.69, 9.17) is 0 Å². The summed E-state index contributed by atoms with van der Waals surface area (Å²) in [6.45, 7) is 5.03. The SMILES string of the molecule is CCCCCC(=O)NCCC.[HH]. The first kappa shape index (κ1) is 10.5. The largest absolute Gasteiger partial charge is 0.356 e.